The quantitative estimate of drug-likeness (QED) is 0.831. The Labute approximate surface area is 123 Å². The lowest BCUT2D eigenvalue weighted by Gasteiger charge is -2.14. The van der Waals surface area contributed by atoms with Gasteiger partial charge in [-0.05, 0) is 37.2 Å². The number of halogens is 1. The molecular weight excluding hydrogens is 278 g/mol. The molecule has 1 atom stereocenters. The zero-order chi connectivity index (χ0) is 13.7. The van der Waals surface area contributed by atoms with Crippen LogP contribution < -0.4 is 5.32 Å². The van der Waals surface area contributed by atoms with E-state index in [2.05, 4.69) is 22.7 Å². The third-order valence-electron chi connectivity index (χ3n) is 2.90. The Morgan fingerprint density at radius 3 is 2.95 bits per heavy atom. The normalized spacial score (nSPS) is 12.6. The van der Waals surface area contributed by atoms with Gasteiger partial charge in [-0.2, -0.15) is 5.10 Å². The van der Waals surface area contributed by atoms with Crippen molar-refractivity contribution in [2.24, 2.45) is 7.05 Å². The van der Waals surface area contributed by atoms with Gasteiger partial charge in [0.15, 0.2) is 0 Å². The summed E-state index contributed by atoms with van der Waals surface area (Å²) in [5, 5.41) is 8.34. The van der Waals surface area contributed by atoms with Crippen LogP contribution in [-0.4, -0.2) is 28.6 Å². The summed E-state index contributed by atoms with van der Waals surface area (Å²) in [5.74, 6) is 1.01. The average molecular weight is 296 g/mol. The first kappa shape index (κ1) is 14.4. The fraction of sp³-hybridized carbons (Fsp3) is 0.357. The Morgan fingerprint density at radius 2 is 2.32 bits per heavy atom. The van der Waals surface area contributed by atoms with Gasteiger partial charge in [-0.15, -0.1) is 11.8 Å². The number of thioether (sulfide) groups is 1. The molecule has 1 aromatic heterocycles. The van der Waals surface area contributed by atoms with Crippen molar-refractivity contribution in [2.45, 2.75) is 17.4 Å². The van der Waals surface area contributed by atoms with Crippen molar-refractivity contribution in [1.82, 2.24) is 15.1 Å². The SMILES string of the molecule is CNC(CSc1cccc(Cl)c1)Cc1cnn(C)c1. The molecule has 0 radical (unpaired) electrons. The highest BCUT2D eigenvalue weighted by Crippen LogP contribution is 2.22. The van der Waals surface area contributed by atoms with Crippen LogP contribution in [0.1, 0.15) is 5.56 Å². The van der Waals surface area contributed by atoms with Crippen LogP contribution in [0, 0.1) is 0 Å². The number of rotatable bonds is 6. The number of aromatic nitrogens is 2. The summed E-state index contributed by atoms with van der Waals surface area (Å²) >= 11 is 7.81. The Morgan fingerprint density at radius 1 is 1.47 bits per heavy atom. The maximum Gasteiger partial charge on any atom is 0.0522 e. The van der Waals surface area contributed by atoms with Crippen LogP contribution >= 0.6 is 23.4 Å². The van der Waals surface area contributed by atoms with E-state index in [1.165, 1.54) is 10.5 Å². The van der Waals surface area contributed by atoms with Crippen LogP contribution in [0.15, 0.2) is 41.6 Å². The molecule has 3 nitrogen and oxygen atoms in total. The van der Waals surface area contributed by atoms with Gasteiger partial charge in [0.1, 0.15) is 0 Å². The second-order valence-electron chi connectivity index (χ2n) is 4.48. The summed E-state index contributed by atoms with van der Waals surface area (Å²) in [6, 6.07) is 8.40. The van der Waals surface area contributed by atoms with Gasteiger partial charge >= 0.3 is 0 Å². The van der Waals surface area contributed by atoms with E-state index in [0.717, 1.165) is 17.2 Å². The van der Waals surface area contributed by atoms with Crippen LogP contribution in [-0.2, 0) is 13.5 Å². The van der Waals surface area contributed by atoms with E-state index in [0.29, 0.717) is 6.04 Å². The third kappa shape index (κ3) is 4.56. The Hall–Kier alpha value is -0.970. The first-order valence-corrected chi connectivity index (χ1v) is 7.57. The second-order valence-corrected chi connectivity index (χ2v) is 6.01. The minimum Gasteiger partial charge on any atom is -0.316 e. The van der Waals surface area contributed by atoms with Crippen LogP contribution in [0.2, 0.25) is 5.02 Å². The predicted molar refractivity (Wildman–Crippen MR) is 81.9 cm³/mol. The third-order valence-corrected chi connectivity index (χ3v) is 4.29. The van der Waals surface area contributed by atoms with Gasteiger partial charge in [0.2, 0.25) is 0 Å². The zero-order valence-electron chi connectivity index (χ0n) is 11.1. The zero-order valence-corrected chi connectivity index (χ0v) is 12.7. The largest absolute Gasteiger partial charge is 0.316 e. The molecule has 1 aromatic carbocycles. The minimum atomic E-state index is 0.424. The van der Waals surface area contributed by atoms with Crippen molar-refractivity contribution in [3.63, 3.8) is 0 Å². The average Bonchev–Trinajstić information content (AvgIpc) is 2.80. The highest BCUT2D eigenvalue weighted by atomic mass is 35.5. The number of benzene rings is 1. The lowest BCUT2D eigenvalue weighted by molar-refractivity contribution is 0.616. The first-order valence-electron chi connectivity index (χ1n) is 6.20. The fourth-order valence-electron chi connectivity index (χ4n) is 1.86. The molecule has 0 saturated carbocycles. The molecule has 0 amide bonds. The molecule has 1 N–H and O–H groups in total. The van der Waals surface area contributed by atoms with Gasteiger partial charge in [0.25, 0.3) is 0 Å². The molecule has 0 bridgehead atoms. The van der Waals surface area contributed by atoms with Crippen LogP contribution in [0.25, 0.3) is 0 Å². The van der Waals surface area contributed by atoms with E-state index < -0.39 is 0 Å². The van der Waals surface area contributed by atoms with Crippen molar-refractivity contribution in [1.29, 1.82) is 0 Å². The molecule has 1 heterocycles. The predicted octanol–water partition coefficient (Wildman–Crippen LogP) is 3.00. The monoisotopic (exact) mass is 295 g/mol. The number of nitrogens with one attached hydrogen (secondary N) is 1. The molecular formula is C14H18ClN3S. The molecule has 0 aliphatic rings. The Bertz CT molecular complexity index is 527. The molecule has 0 spiro atoms. The summed E-state index contributed by atoms with van der Waals surface area (Å²) in [6.07, 6.45) is 4.97. The van der Waals surface area contributed by atoms with E-state index in [9.17, 15) is 0 Å². The maximum absolute atomic E-state index is 5.99. The molecule has 2 rings (SSSR count). The lowest BCUT2D eigenvalue weighted by atomic mass is 10.1. The molecule has 0 fully saturated rings. The highest BCUT2D eigenvalue weighted by molar-refractivity contribution is 7.99. The van der Waals surface area contributed by atoms with E-state index in [4.69, 9.17) is 11.6 Å². The molecule has 102 valence electrons. The Balaban J connectivity index is 1.89. The molecule has 0 aliphatic carbocycles. The van der Waals surface area contributed by atoms with Crippen LogP contribution in [0.3, 0.4) is 0 Å². The van der Waals surface area contributed by atoms with Crippen molar-refractivity contribution in [3.8, 4) is 0 Å². The molecule has 2 aromatic rings. The van der Waals surface area contributed by atoms with Gasteiger partial charge in [0, 0.05) is 35.0 Å². The maximum atomic E-state index is 5.99. The van der Waals surface area contributed by atoms with E-state index in [-0.39, 0.29) is 0 Å². The van der Waals surface area contributed by atoms with E-state index in [1.54, 1.807) is 0 Å². The smallest absolute Gasteiger partial charge is 0.0522 e. The summed E-state index contributed by atoms with van der Waals surface area (Å²) in [4.78, 5) is 1.21. The van der Waals surface area contributed by atoms with Gasteiger partial charge in [-0.3, -0.25) is 4.68 Å². The summed E-state index contributed by atoms with van der Waals surface area (Å²) < 4.78 is 1.84. The van der Waals surface area contributed by atoms with Gasteiger partial charge in [0.05, 0.1) is 6.20 Å². The van der Waals surface area contributed by atoms with Crippen molar-refractivity contribution in [3.05, 3.63) is 47.2 Å². The number of aryl methyl sites for hydroxylation is 1. The minimum absolute atomic E-state index is 0.424. The number of likely N-dealkylation sites (N-methyl/N-ethyl adjacent to an activating group) is 1. The van der Waals surface area contributed by atoms with Crippen molar-refractivity contribution >= 4 is 23.4 Å². The summed E-state index contributed by atoms with van der Waals surface area (Å²) in [7, 11) is 3.94. The molecule has 1 unspecified atom stereocenters. The highest BCUT2D eigenvalue weighted by Gasteiger charge is 2.09. The van der Waals surface area contributed by atoms with Crippen molar-refractivity contribution < 1.29 is 0 Å². The summed E-state index contributed by atoms with van der Waals surface area (Å²) in [6.45, 7) is 0. The van der Waals surface area contributed by atoms with Gasteiger partial charge < -0.3 is 5.32 Å². The number of hydrogen-bond donors (Lipinski definition) is 1. The van der Waals surface area contributed by atoms with Gasteiger partial charge in [-0.25, -0.2) is 0 Å². The first-order chi connectivity index (χ1) is 9.17. The van der Waals surface area contributed by atoms with E-state index >= 15 is 0 Å². The Kier molecular flexibility index (Phi) is 5.31. The second kappa shape index (κ2) is 6.98. The standard InChI is InChI=1S/C14H18ClN3S/c1-16-13(6-11-8-17-18(2)9-11)10-19-14-5-3-4-12(15)7-14/h3-5,7-9,13,16H,6,10H2,1-2H3. The van der Waals surface area contributed by atoms with Crippen LogP contribution in [0.4, 0.5) is 0 Å². The molecule has 0 aliphatic heterocycles. The number of hydrogen-bond acceptors (Lipinski definition) is 3. The molecule has 19 heavy (non-hydrogen) atoms. The lowest BCUT2D eigenvalue weighted by Crippen LogP contribution is -2.29. The fourth-order valence-corrected chi connectivity index (χ4v) is 3.18. The van der Waals surface area contributed by atoms with Crippen LogP contribution in [0.5, 0.6) is 0 Å². The van der Waals surface area contributed by atoms with Gasteiger partial charge in [-0.1, -0.05) is 17.7 Å². The topological polar surface area (TPSA) is 29.9 Å². The molecule has 5 heteroatoms. The number of nitrogens with zero attached hydrogens (tertiary/aromatic N) is 2. The summed E-state index contributed by atoms with van der Waals surface area (Å²) in [5.41, 5.74) is 1.26. The van der Waals surface area contributed by atoms with E-state index in [1.807, 2.05) is 54.9 Å². The molecule has 0 saturated heterocycles. The van der Waals surface area contributed by atoms with Crippen molar-refractivity contribution in [2.75, 3.05) is 12.8 Å².